The number of aromatic hydroxyl groups is 1. The number of aromatic nitrogens is 1. The standard InChI is InChI=1S/C10H12N2O5/c1-5(13)7(10(16)17)12-9(15)8-6(14)3-2-4-11-8/h2-5,7,13-14H,1H3,(H,12,15)(H,16,17)/t5?,7-/m0/s1. The summed E-state index contributed by atoms with van der Waals surface area (Å²) in [4.78, 5) is 25.9. The van der Waals surface area contributed by atoms with Gasteiger partial charge in [-0.25, -0.2) is 9.78 Å². The molecule has 0 spiro atoms. The molecule has 1 heterocycles. The predicted molar refractivity (Wildman–Crippen MR) is 56.5 cm³/mol. The Morgan fingerprint density at radius 3 is 2.59 bits per heavy atom. The van der Waals surface area contributed by atoms with Gasteiger partial charge in [-0.05, 0) is 19.1 Å². The lowest BCUT2D eigenvalue weighted by Crippen LogP contribution is -2.47. The third-order valence-corrected chi connectivity index (χ3v) is 2.04. The minimum Gasteiger partial charge on any atom is -0.505 e. The summed E-state index contributed by atoms with van der Waals surface area (Å²) in [5.41, 5.74) is -0.292. The molecule has 92 valence electrons. The van der Waals surface area contributed by atoms with Crippen molar-refractivity contribution in [3.63, 3.8) is 0 Å². The molecule has 4 N–H and O–H groups in total. The summed E-state index contributed by atoms with van der Waals surface area (Å²) in [5.74, 6) is -2.60. The molecule has 2 atom stereocenters. The number of rotatable bonds is 4. The molecule has 7 nitrogen and oxygen atoms in total. The van der Waals surface area contributed by atoms with E-state index in [1.807, 2.05) is 0 Å². The van der Waals surface area contributed by atoms with Gasteiger partial charge in [-0.15, -0.1) is 0 Å². The molecule has 1 amide bonds. The van der Waals surface area contributed by atoms with Gasteiger partial charge in [0.1, 0.15) is 5.75 Å². The normalized spacial score (nSPS) is 13.8. The Kier molecular flexibility index (Phi) is 4.00. The van der Waals surface area contributed by atoms with Crippen LogP contribution < -0.4 is 5.32 Å². The van der Waals surface area contributed by atoms with E-state index in [9.17, 15) is 14.7 Å². The van der Waals surface area contributed by atoms with E-state index in [4.69, 9.17) is 10.2 Å². The van der Waals surface area contributed by atoms with Gasteiger partial charge in [-0.2, -0.15) is 0 Å². The van der Waals surface area contributed by atoms with Crippen LogP contribution in [0, 0.1) is 0 Å². The number of carboxylic acid groups (broad SMARTS) is 1. The number of aliphatic hydroxyl groups excluding tert-OH is 1. The molecule has 0 bridgehead atoms. The second-order valence-corrected chi connectivity index (χ2v) is 3.40. The van der Waals surface area contributed by atoms with Crippen LogP contribution in [0.1, 0.15) is 17.4 Å². The van der Waals surface area contributed by atoms with Crippen molar-refractivity contribution in [2.75, 3.05) is 0 Å². The van der Waals surface area contributed by atoms with E-state index >= 15 is 0 Å². The molecule has 0 aliphatic carbocycles. The maximum absolute atomic E-state index is 11.6. The van der Waals surface area contributed by atoms with Crippen molar-refractivity contribution >= 4 is 11.9 Å². The summed E-state index contributed by atoms with van der Waals surface area (Å²) in [6.45, 7) is 1.23. The molecule has 0 saturated carbocycles. The highest BCUT2D eigenvalue weighted by atomic mass is 16.4. The fraction of sp³-hybridized carbons (Fsp3) is 0.300. The van der Waals surface area contributed by atoms with E-state index in [2.05, 4.69) is 10.3 Å². The van der Waals surface area contributed by atoms with Crippen molar-refractivity contribution < 1.29 is 24.9 Å². The number of nitrogens with zero attached hydrogens (tertiary/aromatic N) is 1. The molecular weight excluding hydrogens is 228 g/mol. The van der Waals surface area contributed by atoms with Crippen LogP contribution in [0.2, 0.25) is 0 Å². The zero-order chi connectivity index (χ0) is 13.0. The SMILES string of the molecule is CC(O)[C@H](NC(=O)c1ncccc1O)C(=O)O. The molecule has 0 saturated heterocycles. The van der Waals surface area contributed by atoms with Crippen LogP contribution in [0.4, 0.5) is 0 Å². The average Bonchev–Trinajstić information content (AvgIpc) is 2.25. The van der Waals surface area contributed by atoms with Gasteiger partial charge in [-0.1, -0.05) is 0 Å². The smallest absolute Gasteiger partial charge is 0.328 e. The van der Waals surface area contributed by atoms with Crippen molar-refractivity contribution in [1.82, 2.24) is 10.3 Å². The Morgan fingerprint density at radius 1 is 1.47 bits per heavy atom. The van der Waals surface area contributed by atoms with Crippen LogP contribution in [-0.2, 0) is 4.79 Å². The molecule has 0 aliphatic rings. The summed E-state index contributed by atoms with van der Waals surface area (Å²) in [6.07, 6.45) is 0.0228. The van der Waals surface area contributed by atoms with Crippen LogP contribution in [0.15, 0.2) is 18.3 Å². The quantitative estimate of drug-likeness (QED) is 0.555. The maximum Gasteiger partial charge on any atom is 0.328 e. The Labute approximate surface area is 96.7 Å². The highest BCUT2D eigenvalue weighted by Crippen LogP contribution is 2.12. The van der Waals surface area contributed by atoms with E-state index in [0.717, 1.165) is 0 Å². The second kappa shape index (κ2) is 5.26. The summed E-state index contributed by atoms with van der Waals surface area (Å²) >= 11 is 0. The highest BCUT2D eigenvalue weighted by Gasteiger charge is 2.26. The van der Waals surface area contributed by atoms with Crippen molar-refractivity contribution in [3.8, 4) is 5.75 Å². The minimum atomic E-state index is -1.45. The van der Waals surface area contributed by atoms with E-state index in [1.54, 1.807) is 0 Å². The molecule has 1 aromatic rings. The van der Waals surface area contributed by atoms with Crippen LogP contribution in [0.3, 0.4) is 0 Å². The molecule has 1 aromatic heterocycles. The average molecular weight is 240 g/mol. The van der Waals surface area contributed by atoms with Crippen LogP contribution >= 0.6 is 0 Å². The molecule has 7 heteroatoms. The molecule has 0 radical (unpaired) electrons. The number of aliphatic carboxylic acids is 1. The first-order valence-corrected chi connectivity index (χ1v) is 4.79. The van der Waals surface area contributed by atoms with E-state index in [0.29, 0.717) is 0 Å². The summed E-state index contributed by atoms with van der Waals surface area (Å²) in [6, 6.07) is 1.22. The highest BCUT2D eigenvalue weighted by molar-refractivity contribution is 5.97. The number of nitrogens with one attached hydrogen (secondary N) is 1. The van der Waals surface area contributed by atoms with E-state index < -0.39 is 24.0 Å². The fourth-order valence-corrected chi connectivity index (χ4v) is 1.17. The molecule has 0 aromatic carbocycles. The summed E-state index contributed by atoms with van der Waals surface area (Å²) in [5, 5.41) is 29.3. The van der Waals surface area contributed by atoms with Crippen molar-refractivity contribution in [2.24, 2.45) is 0 Å². The third kappa shape index (κ3) is 3.15. The molecular formula is C10H12N2O5. The zero-order valence-corrected chi connectivity index (χ0v) is 8.99. The van der Waals surface area contributed by atoms with Crippen molar-refractivity contribution in [2.45, 2.75) is 19.1 Å². The van der Waals surface area contributed by atoms with Gasteiger partial charge in [0.25, 0.3) is 5.91 Å². The molecule has 1 unspecified atom stereocenters. The number of amides is 1. The Bertz CT molecular complexity index is 432. The number of aliphatic hydroxyl groups is 1. The Hall–Kier alpha value is -2.15. The van der Waals surface area contributed by atoms with Gasteiger partial charge in [0.2, 0.25) is 0 Å². The number of carboxylic acids is 1. The lowest BCUT2D eigenvalue weighted by Gasteiger charge is -2.16. The van der Waals surface area contributed by atoms with Crippen molar-refractivity contribution in [3.05, 3.63) is 24.0 Å². The predicted octanol–water partition coefficient (Wildman–Crippen LogP) is -0.649. The van der Waals surface area contributed by atoms with Gasteiger partial charge >= 0.3 is 5.97 Å². The lowest BCUT2D eigenvalue weighted by molar-refractivity contribution is -0.141. The minimum absolute atomic E-state index is 0.292. The van der Waals surface area contributed by atoms with E-state index in [-0.39, 0.29) is 11.4 Å². The topological polar surface area (TPSA) is 120 Å². The van der Waals surface area contributed by atoms with Gasteiger partial charge in [0, 0.05) is 6.20 Å². The first-order valence-electron chi connectivity index (χ1n) is 4.79. The van der Waals surface area contributed by atoms with Crippen LogP contribution in [0.5, 0.6) is 5.75 Å². The van der Waals surface area contributed by atoms with Gasteiger partial charge in [-0.3, -0.25) is 4.79 Å². The summed E-state index contributed by atoms with van der Waals surface area (Å²) < 4.78 is 0. The number of carbonyl (C=O) groups excluding carboxylic acids is 1. The Morgan fingerprint density at radius 2 is 2.12 bits per heavy atom. The van der Waals surface area contributed by atoms with Crippen LogP contribution in [-0.4, -0.2) is 44.3 Å². The largest absolute Gasteiger partial charge is 0.505 e. The first kappa shape index (κ1) is 12.9. The monoisotopic (exact) mass is 240 g/mol. The number of pyridine rings is 1. The maximum atomic E-state index is 11.6. The number of hydrogen-bond donors (Lipinski definition) is 4. The summed E-state index contributed by atoms with van der Waals surface area (Å²) in [7, 11) is 0. The van der Waals surface area contributed by atoms with Gasteiger partial charge in [0.05, 0.1) is 6.10 Å². The fourth-order valence-electron chi connectivity index (χ4n) is 1.17. The zero-order valence-electron chi connectivity index (χ0n) is 8.99. The van der Waals surface area contributed by atoms with Gasteiger partial charge < -0.3 is 20.6 Å². The number of hydrogen-bond acceptors (Lipinski definition) is 5. The Balaban J connectivity index is 2.85. The molecule has 0 aliphatic heterocycles. The first-order chi connectivity index (χ1) is 7.93. The third-order valence-electron chi connectivity index (χ3n) is 2.04. The second-order valence-electron chi connectivity index (χ2n) is 3.40. The van der Waals surface area contributed by atoms with Crippen molar-refractivity contribution in [1.29, 1.82) is 0 Å². The molecule has 17 heavy (non-hydrogen) atoms. The van der Waals surface area contributed by atoms with E-state index in [1.165, 1.54) is 25.3 Å². The molecule has 0 fully saturated rings. The lowest BCUT2D eigenvalue weighted by atomic mass is 10.2. The number of carbonyl (C=O) groups is 2. The van der Waals surface area contributed by atoms with Crippen LogP contribution in [0.25, 0.3) is 0 Å². The van der Waals surface area contributed by atoms with Gasteiger partial charge in [0.15, 0.2) is 11.7 Å². The molecule has 1 rings (SSSR count).